The van der Waals surface area contributed by atoms with Gasteiger partial charge in [-0.15, -0.1) is 0 Å². The van der Waals surface area contributed by atoms with Crippen molar-refractivity contribution in [3.05, 3.63) is 41.7 Å². The molecule has 2 heterocycles. The van der Waals surface area contributed by atoms with Gasteiger partial charge in [-0.1, -0.05) is 0 Å². The van der Waals surface area contributed by atoms with E-state index in [1.165, 1.54) is 18.5 Å². The molecule has 0 atom stereocenters. The minimum absolute atomic E-state index is 0.100. The Kier molecular flexibility index (Phi) is 3.32. The third kappa shape index (κ3) is 2.77. The molecule has 6 heteroatoms. The molecule has 1 aliphatic heterocycles. The van der Waals surface area contributed by atoms with E-state index in [1.807, 2.05) is 6.92 Å². The second-order valence-electron chi connectivity index (χ2n) is 3.52. The predicted molar refractivity (Wildman–Crippen MR) is 57.6 cm³/mol. The SMILES string of the molecule is Cc1cncnc1OC1=CC=C(C(F)F)NC1. The van der Waals surface area contributed by atoms with E-state index in [9.17, 15) is 8.78 Å². The van der Waals surface area contributed by atoms with Gasteiger partial charge in [0.25, 0.3) is 6.43 Å². The molecule has 0 amide bonds. The molecule has 4 nitrogen and oxygen atoms in total. The topological polar surface area (TPSA) is 47.0 Å². The summed E-state index contributed by atoms with van der Waals surface area (Å²) < 4.78 is 30.1. The maximum atomic E-state index is 12.3. The van der Waals surface area contributed by atoms with Crippen LogP contribution in [0.5, 0.6) is 5.88 Å². The van der Waals surface area contributed by atoms with Gasteiger partial charge in [0.1, 0.15) is 12.1 Å². The maximum Gasteiger partial charge on any atom is 0.277 e. The Balaban J connectivity index is 2.09. The Morgan fingerprint density at radius 1 is 1.41 bits per heavy atom. The van der Waals surface area contributed by atoms with Crippen molar-refractivity contribution >= 4 is 0 Å². The van der Waals surface area contributed by atoms with E-state index in [0.717, 1.165) is 5.56 Å². The number of hydrogen-bond donors (Lipinski definition) is 1. The Hall–Kier alpha value is -1.98. The normalized spacial score (nSPS) is 15.1. The molecule has 0 bridgehead atoms. The van der Waals surface area contributed by atoms with Gasteiger partial charge in [0.15, 0.2) is 0 Å². The van der Waals surface area contributed by atoms with Crippen molar-refractivity contribution in [1.29, 1.82) is 0 Å². The predicted octanol–water partition coefficient (Wildman–Crippen LogP) is 1.80. The third-order valence-electron chi connectivity index (χ3n) is 2.23. The average Bonchev–Trinajstić information content (AvgIpc) is 2.33. The number of allylic oxidation sites excluding steroid dienone is 3. The van der Waals surface area contributed by atoms with Gasteiger partial charge in [-0.25, -0.2) is 18.7 Å². The highest BCUT2D eigenvalue weighted by Crippen LogP contribution is 2.17. The van der Waals surface area contributed by atoms with Crippen molar-refractivity contribution < 1.29 is 13.5 Å². The highest BCUT2D eigenvalue weighted by molar-refractivity contribution is 5.27. The van der Waals surface area contributed by atoms with Gasteiger partial charge in [0.05, 0.1) is 12.2 Å². The largest absolute Gasteiger partial charge is 0.441 e. The van der Waals surface area contributed by atoms with Crippen molar-refractivity contribution in [2.45, 2.75) is 13.3 Å². The molecule has 0 fully saturated rings. The highest BCUT2D eigenvalue weighted by Gasteiger charge is 2.15. The molecular formula is C11H11F2N3O. The molecule has 0 aliphatic carbocycles. The first-order valence-corrected chi connectivity index (χ1v) is 5.04. The van der Waals surface area contributed by atoms with E-state index in [-0.39, 0.29) is 12.2 Å². The first kappa shape index (κ1) is 11.5. The van der Waals surface area contributed by atoms with Crippen LogP contribution in [0.4, 0.5) is 8.78 Å². The number of halogens is 2. The Labute approximate surface area is 97.0 Å². The summed E-state index contributed by atoms with van der Waals surface area (Å²) in [5.41, 5.74) is 0.689. The lowest BCUT2D eigenvalue weighted by Crippen LogP contribution is -2.26. The van der Waals surface area contributed by atoms with Crippen LogP contribution in [-0.2, 0) is 0 Å². The molecule has 1 aliphatic rings. The molecule has 1 N–H and O–H groups in total. The smallest absolute Gasteiger partial charge is 0.277 e. The lowest BCUT2D eigenvalue weighted by molar-refractivity contribution is 0.179. The fourth-order valence-electron chi connectivity index (χ4n) is 1.33. The van der Waals surface area contributed by atoms with E-state index in [2.05, 4.69) is 15.3 Å². The molecule has 0 unspecified atom stereocenters. The number of hydrogen-bond acceptors (Lipinski definition) is 4. The summed E-state index contributed by atoms with van der Waals surface area (Å²) in [6.45, 7) is 2.03. The summed E-state index contributed by atoms with van der Waals surface area (Å²) in [6.07, 6.45) is 3.33. The van der Waals surface area contributed by atoms with E-state index in [4.69, 9.17) is 4.74 Å². The molecule has 0 aromatic carbocycles. The third-order valence-corrected chi connectivity index (χ3v) is 2.23. The summed E-state index contributed by atoms with van der Waals surface area (Å²) in [5.74, 6) is 0.971. The van der Waals surface area contributed by atoms with Crippen molar-refractivity contribution in [2.75, 3.05) is 6.54 Å². The summed E-state index contributed by atoms with van der Waals surface area (Å²) >= 11 is 0. The summed E-state index contributed by atoms with van der Waals surface area (Å²) in [5, 5.41) is 2.58. The standard InChI is InChI=1S/C11H11F2N3O/c1-7-4-14-6-16-11(7)17-8-2-3-9(10(12)13)15-5-8/h2-4,6,10,15H,5H2,1H3. The number of nitrogens with one attached hydrogen (secondary N) is 1. The number of nitrogens with zero attached hydrogens (tertiary/aromatic N) is 2. The van der Waals surface area contributed by atoms with Crippen molar-refractivity contribution in [3.8, 4) is 5.88 Å². The molecule has 0 radical (unpaired) electrons. The second kappa shape index (κ2) is 4.90. The van der Waals surface area contributed by atoms with Crippen molar-refractivity contribution in [2.24, 2.45) is 0 Å². The first-order valence-electron chi connectivity index (χ1n) is 5.04. The lowest BCUT2D eigenvalue weighted by atomic mass is 10.2. The Morgan fingerprint density at radius 2 is 2.24 bits per heavy atom. The van der Waals surface area contributed by atoms with E-state index < -0.39 is 6.43 Å². The highest BCUT2D eigenvalue weighted by atomic mass is 19.3. The van der Waals surface area contributed by atoms with Crippen LogP contribution in [0.25, 0.3) is 0 Å². The van der Waals surface area contributed by atoms with Gasteiger partial charge in [-0.3, -0.25) is 0 Å². The summed E-state index contributed by atoms with van der Waals surface area (Å²) in [6, 6.07) is 0. The number of aryl methyl sites for hydroxylation is 1. The lowest BCUT2D eigenvalue weighted by Gasteiger charge is -2.17. The van der Waals surface area contributed by atoms with E-state index in [0.29, 0.717) is 11.6 Å². The van der Waals surface area contributed by atoms with Crippen LogP contribution >= 0.6 is 0 Å². The molecule has 0 saturated carbocycles. The van der Waals surface area contributed by atoms with Crippen LogP contribution < -0.4 is 10.1 Å². The van der Waals surface area contributed by atoms with Gasteiger partial charge in [0.2, 0.25) is 5.88 Å². The number of alkyl halides is 2. The quantitative estimate of drug-likeness (QED) is 0.873. The fraction of sp³-hybridized carbons (Fsp3) is 0.273. The van der Waals surface area contributed by atoms with Gasteiger partial charge in [-0.05, 0) is 19.1 Å². The van der Waals surface area contributed by atoms with Crippen LogP contribution in [-0.4, -0.2) is 22.9 Å². The Morgan fingerprint density at radius 3 is 2.82 bits per heavy atom. The number of aromatic nitrogens is 2. The first-order chi connectivity index (χ1) is 8.16. The van der Waals surface area contributed by atoms with Crippen molar-refractivity contribution in [1.82, 2.24) is 15.3 Å². The summed E-state index contributed by atoms with van der Waals surface area (Å²) in [7, 11) is 0. The number of dihydropyridines is 1. The molecule has 90 valence electrons. The van der Waals surface area contributed by atoms with Crippen LogP contribution in [0.3, 0.4) is 0 Å². The molecule has 0 saturated heterocycles. The van der Waals surface area contributed by atoms with E-state index in [1.54, 1.807) is 6.20 Å². The Bertz CT molecular complexity index is 472. The van der Waals surface area contributed by atoms with Crippen LogP contribution in [0, 0.1) is 6.92 Å². The number of rotatable bonds is 3. The molecule has 1 aromatic heterocycles. The molecule has 17 heavy (non-hydrogen) atoms. The minimum atomic E-state index is -2.49. The van der Waals surface area contributed by atoms with Crippen molar-refractivity contribution in [3.63, 3.8) is 0 Å². The van der Waals surface area contributed by atoms with Gasteiger partial charge in [-0.2, -0.15) is 0 Å². The zero-order valence-corrected chi connectivity index (χ0v) is 9.15. The zero-order valence-electron chi connectivity index (χ0n) is 9.15. The van der Waals surface area contributed by atoms with Gasteiger partial charge < -0.3 is 10.1 Å². The number of ether oxygens (including phenoxy) is 1. The molecular weight excluding hydrogens is 228 g/mol. The minimum Gasteiger partial charge on any atom is -0.441 e. The van der Waals surface area contributed by atoms with Crippen LogP contribution in [0.2, 0.25) is 0 Å². The van der Waals surface area contributed by atoms with Gasteiger partial charge in [0, 0.05) is 11.8 Å². The maximum absolute atomic E-state index is 12.3. The molecule has 2 rings (SSSR count). The molecule has 0 spiro atoms. The monoisotopic (exact) mass is 239 g/mol. The average molecular weight is 239 g/mol. The fourth-order valence-corrected chi connectivity index (χ4v) is 1.33. The van der Waals surface area contributed by atoms with E-state index >= 15 is 0 Å². The summed E-state index contributed by atoms with van der Waals surface area (Å²) in [4.78, 5) is 7.79. The zero-order chi connectivity index (χ0) is 12.3. The second-order valence-corrected chi connectivity index (χ2v) is 3.52. The van der Waals surface area contributed by atoms with Crippen LogP contribution in [0.15, 0.2) is 36.1 Å². The molecule has 1 aromatic rings. The van der Waals surface area contributed by atoms with Gasteiger partial charge >= 0.3 is 0 Å². The van der Waals surface area contributed by atoms with Crippen LogP contribution in [0.1, 0.15) is 5.56 Å².